The quantitative estimate of drug-likeness (QED) is 0.289. The van der Waals surface area contributed by atoms with Gasteiger partial charge in [-0.15, -0.1) is 0 Å². The van der Waals surface area contributed by atoms with Gasteiger partial charge >= 0.3 is 12.1 Å². The predicted octanol–water partition coefficient (Wildman–Crippen LogP) is 4.88. The van der Waals surface area contributed by atoms with Crippen molar-refractivity contribution in [1.82, 2.24) is 25.8 Å². The van der Waals surface area contributed by atoms with E-state index in [9.17, 15) is 14.4 Å². The van der Waals surface area contributed by atoms with Crippen LogP contribution in [0.4, 0.5) is 9.59 Å². The fourth-order valence-corrected chi connectivity index (χ4v) is 5.88. The molecule has 0 radical (unpaired) electrons. The molecule has 1 fully saturated rings. The molecule has 42 heavy (non-hydrogen) atoms. The zero-order valence-corrected chi connectivity index (χ0v) is 24.7. The highest BCUT2D eigenvalue weighted by atomic mass is 16.6. The van der Waals surface area contributed by atoms with Crippen LogP contribution in [0, 0.1) is 0 Å². The van der Waals surface area contributed by atoms with Crippen molar-refractivity contribution in [3.8, 4) is 0 Å². The third-order valence-electron chi connectivity index (χ3n) is 8.06. The Morgan fingerprint density at radius 2 is 1.71 bits per heavy atom. The molecule has 9 heteroatoms. The van der Waals surface area contributed by atoms with E-state index in [4.69, 9.17) is 4.74 Å². The number of hydrogen-bond donors (Lipinski definition) is 4. The van der Waals surface area contributed by atoms with Gasteiger partial charge in [0.25, 0.3) is 0 Å². The molecule has 0 saturated carbocycles. The maximum absolute atomic E-state index is 13.5. The fourth-order valence-electron chi connectivity index (χ4n) is 5.88. The second-order valence-corrected chi connectivity index (χ2v) is 12.2. The van der Waals surface area contributed by atoms with Crippen molar-refractivity contribution in [2.24, 2.45) is 0 Å². The Kier molecular flexibility index (Phi) is 8.56. The molecule has 1 spiro atoms. The number of amides is 4. The number of alkyl carbamates (subject to hydrolysis) is 1. The maximum atomic E-state index is 13.5. The number of carbonyl (C=O) groups is 3. The summed E-state index contributed by atoms with van der Waals surface area (Å²) >= 11 is 0. The van der Waals surface area contributed by atoms with Gasteiger partial charge in [-0.2, -0.15) is 0 Å². The normalized spacial score (nSPS) is 16.2. The van der Waals surface area contributed by atoms with Crippen LogP contribution in [0.5, 0.6) is 0 Å². The van der Waals surface area contributed by atoms with E-state index in [1.165, 1.54) is 11.1 Å². The van der Waals surface area contributed by atoms with Crippen LogP contribution >= 0.6 is 0 Å². The molecule has 2 aliphatic rings. The van der Waals surface area contributed by atoms with E-state index < -0.39 is 17.7 Å². The van der Waals surface area contributed by atoms with Crippen LogP contribution in [0.25, 0.3) is 17.0 Å². The third kappa shape index (κ3) is 6.78. The zero-order chi connectivity index (χ0) is 29.7. The molecule has 3 aromatic rings. The molecule has 0 unspecified atom stereocenters. The van der Waals surface area contributed by atoms with Crippen molar-refractivity contribution in [2.75, 3.05) is 26.2 Å². The van der Waals surface area contributed by atoms with Crippen LogP contribution in [0.2, 0.25) is 0 Å². The number of aromatic amines is 1. The number of urea groups is 1. The number of piperidine rings is 1. The van der Waals surface area contributed by atoms with Crippen molar-refractivity contribution in [1.29, 1.82) is 0 Å². The van der Waals surface area contributed by atoms with Gasteiger partial charge < -0.3 is 30.6 Å². The van der Waals surface area contributed by atoms with E-state index in [0.29, 0.717) is 39.0 Å². The zero-order valence-electron chi connectivity index (χ0n) is 24.7. The fraction of sp³-hybridized carbons (Fsp3) is 0.424. The number of allylic oxidation sites excluding steroid dienone is 1. The average molecular weight is 572 g/mol. The third-order valence-corrected chi connectivity index (χ3v) is 8.06. The minimum absolute atomic E-state index is 0.0263. The molecule has 5 rings (SSSR count). The van der Waals surface area contributed by atoms with Crippen molar-refractivity contribution in [3.05, 3.63) is 77.5 Å². The number of carbonyl (C=O) groups excluding carboxylic acids is 3. The van der Waals surface area contributed by atoms with Gasteiger partial charge in [-0.25, -0.2) is 9.59 Å². The van der Waals surface area contributed by atoms with Gasteiger partial charge in [0.1, 0.15) is 11.6 Å². The van der Waals surface area contributed by atoms with Crippen LogP contribution in [0.15, 0.2) is 60.8 Å². The predicted molar refractivity (Wildman–Crippen MR) is 164 cm³/mol. The van der Waals surface area contributed by atoms with Crippen molar-refractivity contribution < 1.29 is 19.1 Å². The largest absolute Gasteiger partial charge is 0.444 e. The molecule has 1 aliphatic heterocycles. The molecule has 1 atom stereocenters. The van der Waals surface area contributed by atoms with Crippen molar-refractivity contribution in [3.63, 3.8) is 0 Å². The summed E-state index contributed by atoms with van der Waals surface area (Å²) in [6.07, 6.45) is 8.46. The molecule has 4 amide bonds. The Bertz CT molecular complexity index is 1460. The smallest absolute Gasteiger partial charge is 0.407 e. The summed E-state index contributed by atoms with van der Waals surface area (Å²) in [4.78, 5) is 43.8. The van der Waals surface area contributed by atoms with Crippen LogP contribution in [-0.4, -0.2) is 65.7 Å². The molecule has 2 aromatic carbocycles. The van der Waals surface area contributed by atoms with Crippen LogP contribution in [-0.2, 0) is 21.4 Å². The molecule has 9 nitrogen and oxygen atoms in total. The lowest BCUT2D eigenvalue weighted by atomic mass is 9.74. The molecular formula is C33H41N5O4. The Balaban J connectivity index is 1.19. The standard InChI is InChI=1S/C33H41N5O4/c1-32(2,3)42-31(41)35-18-8-17-34-29(39)28(21-24-22-36-27-12-7-5-10-25(24)27)37-30(40)38-19-15-33(16-20-38)14-13-23-9-4-6-11-26(23)33/h4-7,9-14,22,28,36H,8,15-21H2,1-3H3,(H,34,39)(H,35,41)(H,37,40)/t28-/m1/s1. The second-order valence-electron chi connectivity index (χ2n) is 12.2. The Hall–Kier alpha value is -4.27. The Morgan fingerprint density at radius 3 is 2.50 bits per heavy atom. The highest BCUT2D eigenvalue weighted by molar-refractivity contribution is 5.89. The number of aromatic nitrogens is 1. The lowest BCUT2D eigenvalue weighted by Crippen LogP contribution is -2.54. The maximum Gasteiger partial charge on any atom is 0.407 e. The lowest BCUT2D eigenvalue weighted by Gasteiger charge is -2.39. The Labute approximate surface area is 247 Å². The van der Waals surface area contributed by atoms with E-state index in [-0.39, 0.29) is 17.4 Å². The molecule has 1 saturated heterocycles. The molecule has 1 aliphatic carbocycles. The molecule has 222 valence electrons. The van der Waals surface area contributed by atoms with E-state index >= 15 is 0 Å². The van der Waals surface area contributed by atoms with Gasteiger partial charge in [-0.05, 0) is 62.8 Å². The summed E-state index contributed by atoms with van der Waals surface area (Å²) in [6, 6.07) is 15.4. The average Bonchev–Trinajstić information content (AvgIpc) is 3.53. The number of H-pyrrole nitrogens is 1. The summed E-state index contributed by atoms with van der Waals surface area (Å²) in [5.41, 5.74) is 3.94. The van der Waals surface area contributed by atoms with Crippen LogP contribution < -0.4 is 16.0 Å². The first-order chi connectivity index (χ1) is 20.1. The topological polar surface area (TPSA) is 116 Å². The molecule has 4 N–H and O–H groups in total. The van der Waals surface area contributed by atoms with Crippen LogP contribution in [0.3, 0.4) is 0 Å². The number of nitrogens with zero attached hydrogens (tertiary/aromatic N) is 1. The van der Waals surface area contributed by atoms with Gasteiger partial charge in [-0.3, -0.25) is 4.79 Å². The number of benzene rings is 2. The van der Waals surface area contributed by atoms with Gasteiger partial charge in [0.15, 0.2) is 0 Å². The van der Waals surface area contributed by atoms with E-state index in [2.05, 4.69) is 57.4 Å². The van der Waals surface area contributed by atoms with E-state index in [0.717, 1.165) is 29.3 Å². The number of para-hydroxylation sites is 1. The monoisotopic (exact) mass is 571 g/mol. The minimum Gasteiger partial charge on any atom is -0.444 e. The SMILES string of the molecule is CC(C)(C)OC(=O)NCCCNC(=O)[C@@H](Cc1c[nH]c2ccccc12)NC(=O)N1CCC2(C=Cc3ccccc32)CC1. The first-order valence-corrected chi connectivity index (χ1v) is 14.8. The summed E-state index contributed by atoms with van der Waals surface area (Å²) < 4.78 is 5.25. The lowest BCUT2D eigenvalue weighted by molar-refractivity contribution is -0.122. The summed E-state index contributed by atoms with van der Waals surface area (Å²) in [5.74, 6) is -0.257. The number of rotatable bonds is 8. The summed E-state index contributed by atoms with van der Waals surface area (Å²) in [6.45, 7) is 7.37. The van der Waals surface area contributed by atoms with Gasteiger partial charge in [0.05, 0.1) is 0 Å². The molecule has 2 heterocycles. The van der Waals surface area contributed by atoms with Crippen molar-refractivity contribution in [2.45, 2.75) is 63.5 Å². The van der Waals surface area contributed by atoms with Crippen molar-refractivity contribution >= 4 is 35.0 Å². The van der Waals surface area contributed by atoms with Gasteiger partial charge in [0.2, 0.25) is 5.91 Å². The first kappa shape index (κ1) is 29.2. The van der Waals surface area contributed by atoms with E-state index in [1.54, 1.807) is 0 Å². The molecule has 0 bridgehead atoms. The second kappa shape index (κ2) is 12.3. The summed E-state index contributed by atoms with van der Waals surface area (Å²) in [5, 5.41) is 9.69. The number of hydrogen-bond acceptors (Lipinski definition) is 4. The first-order valence-electron chi connectivity index (χ1n) is 14.8. The Morgan fingerprint density at radius 1 is 1.00 bits per heavy atom. The number of fused-ring (bicyclic) bond motifs is 3. The molecular weight excluding hydrogens is 530 g/mol. The molecule has 1 aromatic heterocycles. The van der Waals surface area contributed by atoms with E-state index in [1.807, 2.05) is 56.1 Å². The van der Waals surface area contributed by atoms with Gasteiger partial charge in [0, 0.05) is 55.1 Å². The van der Waals surface area contributed by atoms with Crippen LogP contribution in [0.1, 0.15) is 56.7 Å². The minimum atomic E-state index is -0.751. The highest BCUT2D eigenvalue weighted by Crippen LogP contribution is 2.43. The summed E-state index contributed by atoms with van der Waals surface area (Å²) in [7, 11) is 0. The number of likely N-dealkylation sites (tertiary alicyclic amines) is 1. The number of ether oxygens (including phenoxy) is 1. The van der Waals surface area contributed by atoms with Gasteiger partial charge in [-0.1, -0.05) is 54.6 Å². The number of nitrogens with one attached hydrogen (secondary N) is 4. The highest BCUT2D eigenvalue weighted by Gasteiger charge is 2.39.